The number of hydrogen-bond acceptors (Lipinski definition) is 5. The molecule has 0 saturated heterocycles. The molecule has 0 spiro atoms. The van der Waals surface area contributed by atoms with Crippen molar-refractivity contribution >= 4 is 46.6 Å². The summed E-state index contributed by atoms with van der Waals surface area (Å²) in [6, 6.07) is 12.4. The van der Waals surface area contributed by atoms with Crippen LogP contribution in [0.5, 0.6) is 5.75 Å². The second-order valence-electron chi connectivity index (χ2n) is 5.89. The van der Waals surface area contributed by atoms with Crippen LogP contribution in [0.4, 0.5) is 5.69 Å². The molecular weight excluding hydrogens is 431 g/mol. The molecular formula is C20H18Cl2N4O2S. The fourth-order valence-electron chi connectivity index (χ4n) is 2.60. The van der Waals surface area contributed by atoms with Gasteiger partial charge in [0.2, 0.25) is 5.91 Å². The lowest BCUT2D eigenvalue weighted by atomic mass is 10.2. The Hall–Kier alpha value is -2.48. The molecule has 3 aromatic rings. The van der Waals surface area contributed by atoms with Gasteiger partial charge in [-0.25, -0.2) is 0 Å². The Morgan fingerprint density at radius 3 is 2.62 bits per heavy atom. The third-order valence-corrected chi connectivity index (χ3v) is 5.35. The number of thioether (sulfide) groups is 1. The number of ether oxygens (including phenoxy) is 1. The SMILES string of the molecule is C=CCn1c(SCC(=O)Nc2cc(Cl)ccc2OC)nnc1-c1ccc(Cl)cc1. The van der Waals surface area contributed by atoms with E-state index in [1.54, 1.807) is 36.4 Å². The van der Waals surface area contributed by atoms with Gasteiger partial charge in [-0.2, -0.15) is 0 Å². The maximum Gasteiger partial charge on any atom is 0.234 e. The summed E-state index contributed by atoms with van der Waals surface area (Å²) >= 11 is 13.2. The van der Waals surface area contributed by atoms with Gasteiger partial charge < -0.3 is 10.1 Å². The molecule has 0 aliphatic heterocycles. The minimum atomic E-state index is -0.211. The van der Waals surface area contributed by atoms with E-state index in [9.17, 15) is 4.79 Å². The molecule has 0 fully saturated rings. The molecule has 0 saturated carbocycles. The zero-order valence-electron chi connectivity index (χ0n) is 15.6. The van der Waals surface area contributed by atoms with Crippen molar-refractivity contribution in [2.75, 3.05) is 18.2 Å². The van der Waals surface area contributed by atoms with Gasteiger partial charge in [0.1, 0.15) is 5.75 Å². The standard InChI is InChI=1S/C20H18Cl2N4O2S/c1-3-10-26-19(13-4-6-14(21)7-5-13)24-25-20(26)29-12-18(27)23-16-11-15(22)8-9-17(16)28-2/h3-9,11H,1,10,12H2,2H3,(H,23,27). The summed E-state index contributed by atoms with van der Waals surface area (Å²) < 4.78 is 7.15. The first-order valence-corrected chi connectivity index (χ1v) is 10.3. The molecule has 2 aromatic carbocycles. The third-order valence-electron chi connectivity index (χ3n) is 3.90. The lowest BCUT2D eigenvalue weighted by molar-refractivity contribution is -0.113. The van der Waals surface area contributed by atoms with Crippen molar-refractivity contribution in [1.29, 1.82) is 0 Å². The van der Waals surface area contributed by atoms with Crippen molar-refractivity contribution in [2.24, 2.45) is 0 Å². The quantitative estimate of drug-likeness (QED) is 0.379. The second kappa shape index (κ2) is 9.82. The van der Waals surface area contributed by atoms with Crippen molar-refractivity contribution < 1.29 is 9.53 Å². The van der Waals surface area contributed by atoms with Crippen LogP contribution in [0.1, 0.15) is 0 Å². The topological polar surface area (TPSA) is 69.0 Å². The van der Waals surface area contributed by atoms with Crippen molar-refractivity contribution in [1.82, 2.24) is 14.8 Å². The van der Waals surface area contributed by atoms with Gasteiger partial charge in [-0.15, -0.1) is 16.8 Å². The predicted octanol–water partition coefficient (Wildman–Crippen LogP) is 5.18. The zero-order valence-corrected chi connectivity index (χ0v) is 17.9. The van der Waals surface area contributed by atoms with Crippen molar-refractivity contribution in [2.45, 2.75) is 11.7 Å². The summed E-state index contributed by atoms with van der Waals surface area (Å²) in [5.74, 6) is 1.15. The number of halogens is 2. The Balaban J connectivity index is 1.73. The average Bonchev–Trinajstić information content (AvgIpc) is 3.10. The highest BCUT2D eigenvalue weighted by Crippen LogP contribution is 2.29. The highest BCUT2D eigenvalue weighted by atomic mass is 35.5. The van der Waals surface area contributed by atoms with Gasteiger partial charge in [-0.1, -0.05) is 41.0 Å². The Labute approximate surface area is 182 Å². The fraction of sp³-hybridized carbons (Fsp3) is 0.150. The van der Waals surface area contributed by atoms with Crippen molar-refractivity contribution in [3.63, 3.8) is 0 Å². The van der Waals surface area contributed by atoms with Gasteiger partial charge >= 0.3 is 0 Å². The van der Waals surface area contributed by atoms with E-state index in [1.165, 1.54) is 18.9 Å². The molecule has 1 heterocycles. The average molecular weight is 449 g/mol. The molecule has 3 rings (SSSR count). The third kappa shape index (κ3) is 5.32. The highest BCUT2D eigenvalue weighted by molar-refractivity contribution is 7.99. The molecule has 0 unspecified atom stereocenters. The van der Waals surface area contributed by atoms with Crippen LogP contribution in [0.25, 0.3) is 11.4 Å². The van der Waals surface area contributed by atoms with Gasteiger partial charge in [0, 0.05) is 22.2 Å². The Morgan fingerprint density at radius 1 is 1.21 bits per heavy atom. The predicted molar refractivity (Wildman–Crippen MR) is 118 cm³/mol. The number of anilines is 1. The lowest BCUT2D eigenvalue weighted by Gasteiger charge is -2.11. The lowest BCUT2D eigenvalue weighted by Crippen LogP contribution is -2.15. The first-order chi connectivity index (χ1) is 14.0. The molecule has 0 radical (unpaired) electrons. The van der Waals surface area contributed by atoms with Crippen molar-refractivity contribution in [3.05, 3.63) is 65.2 Å². The monoisotopic (exact) mass is 448 g/mol. The summed E-state index contributed by atoms with van der Waals surface area (Å²) in [4.78, 5) is 12.4. The minimum Gasteiger partial charge on any atom is -0.495 e. The van der Waals surface area contributed by atoms with Crippen LogP contribution in [0, 0.1) is 0 Å². The molecule has 0 aliphatic carbocycles. The van der Waals surface area contributed by atoms with Gasteiger partial charge in [-0.3, -0.25) is 9.36 Å². The van der Waals surface area contributed by atoms with Crippen LogP contribution < -0.4 is 10.1 Å². The molecule has 1 N–H and O–H groups in total. The van der Waals surface area contributed by atoms with E-state index in [0.717, 1.165) is 5.56 Å². The van der Waals surface area contributed by atoms with Gasteiger partial charge in [-0.05, 0) is 42.5 Å². The number of rotatable bonds is 8. The van der Waals surface area contributed by atoms with E-state index in [2.05, 4.69) is 22.1 Å². The summed E-state index contributed by atoms with van der Waals surface area (Å²) in [6.45, 7) is 4.30. The maximum absolute atomic E-state index is 12.4. The molecule has 150 valence electrons. The summed E-state index contributed by atoms with van der Waals surface area (Å²) in [5.41, 5.74) is 1.39. The first kappa shape index (κ1) is 21.2. The van der Waals surface area contributed by atoms with Gasteiger partial charge in [0.15, 0.2) is 11.0 Å². The molecule has 6 nitrogen and oxygen atoms in total. The van der Waals surface area contributed by atoms with E-state index >= 15 is 0 Å². The fourth-order valence-corrected chi connectivity index (χ4v) is 3.64. The normalized spacial score (nSPS) is 10.6. The number of carbonyl (C=O) groups excluding carboxylic acids is 1. The summed E-state index contributed by atoms with van der Waals surface area (Å²) in [6.07, 6.45) is 1.75. The van der Waals surface area contributed by atoms with Gasteiger partial charge in [0.05, 0.1) is 18.6 Å². The number of carbonyl (C=O) groups is 1. The number of benzene rings is 2. The van der Waals surface area contributed by atoms with Crippen LogP contribution in [0.3, 0.4) is 0 Å². The first-order valence-electron chi connectivity index (χ1n) is 8.58. The highest BCUT2D eigenvalue weighted by Gasteiger charge is 2.16. The largest absolute Gasteiger partial charge is 0.495 e. The Kier molecular flexibility index (Phi) is 7.19. The van der Waals surface area contributed by atoms with Crippen molar-refractivity contribution in [3.8, 4) is 17.1 Å². The zero-order chi connectivity index (χ0) is 20.8. The molecule has 0 atom stereocenters. The number of amides is 1. The number of hydrogen-bond donors (Lipinski definition) is 1. The number of nitrogens with zero attached hydrogens (tertiary/aromatic N) is 3. The van der Waals surface area contributed by atoms with E-state index in [4.69, 9.17) is 27.9 Å². The number of allylic oxidation sites excluding steroid dienone is 1. The number of aromatic nitrogens is 3. The van der Waals surface area contributed by atoms with Crippen LogP contribution in [-0.4, -0.2) is 33.5 Å². The molecule has 9 heteroatoms. The van der Waals surface area contributed by atoms with Gasteiger partial charge in [0.25, 0.3) is 0 Å². The summed E-state index contributed by atoms with van der Waals surface area (Å²) in [5, 5.41) is 13.1. The van der Waals surface area contributed by atoms with Crippen LogP contribution in [0.2, 0.25) is 10.0 Å². The van der Waals surface area contributed by atoms with Crippen LogP contribution in [0.15, 0.2) is 60.3 Å². The molecule has 1 amide bonds. The molecule has 29 heavy (non-hydrogen) atoms. The molecule has 1 aromatic heterocycles. The Bertz CT molecular complexity index is 1020. The number of nitrogens with one attached hydrogen (secondary N) is 1. The minimum absolute atomic E-state index is 0.144. The number of methoxy groups -OCH3 is 1. The smallest absolute Gasteiger partial charge is 0.234 e. The summed E-state index contributed by atoms with van der Waals surface area (Å²) in [7, 11) is 1.53. The second-order valence-corrected chi connectivity index (χ2v) is 7.71. The van der Waals surface area contributed by atoms with E-state index in [1.807, 2.05) is 16.7 Å². The van der Waals surface area contributed by atoms with E-state index < -0.39 is 0 Å². The van der Waals surface area contributed by atoms with E-state index in [0.29, 0.717) is 39.0 Å². The van der Waals surface area contributed by atoms with Crippen LogP contribution >= 0.6 is 35.0 Å². The maximum atomic E-state index is 12.4. The molecule has 0 aliphatic rings. The van der Waals surface area contributed by atoms with E-state index in [-0.39, 0.29) is 11.7 Å². The Morgan fingerprint density at radius 2 is 1.93 bits per heavy atom. The van der Waals surface area contributed by atoms with Crippen LogP contribution in [-0.2, 0) is 11.3 Å². The molecule has 0 bridgehead atoms.